The molecule has 108 valence electrons. The van der Waals surface area contributed by atoms with Crippen LogP contribution in [0.15, 0.2) is 0 Å². The zero-order valence-electron chi connectivity index (χ0n) is 11.8. The van der Waals surface area contributed by atoms with Crippen molar-refractivity contribution in [3.63, 3.8) is 0 Å². The van der Waals surface area contributed by atoms with Gasteiger partial charge in [0.25, 0.3) is 0 Å². The Balaban J connectivity index is 2.00. The van der Waals surface area contributed by atoms with E-state index in [0.717, 1.165) is 12.8 Å². The summed E-state index contributed by atoms with van der Waals surface area (Å²) in [6.45, 7) is 5.56. The van der Waals surface area contributed by atoms with Gasteiger partial charge in [-0.15, -0.1) is 0 Å². The molecule has 1 aliphatic carbocycles. The molecule has 0 aromatic heterocycles. The van der Waals surface area contributed by atoms with Gasteiger partial charge in [-0.1, -0.05) is 19.8 Å². The van der Waals surface area contributed by atoms with Crippen LogP contribution in [0.2, 0.25) is 0 Å². The smallest absolute Gasteiger partial charge is 0.320 e. The Labute approximate surface area is 114 Å². The molecule has 2 fully saturated rings. The number of carboxylic acids is 1. The van der Waals surface area contributed by atoms with E-state index in [1.807, 2.05) is 18.7 Å². The Bertz CT molecular complexity index is 353. The summed E-state index contributed by atoms with van der Waals surface area (Å²) in [5, 5.41) is 9.14. The van der Waals surface area contributed by atoms with Crippen molar-refractivity contribution >= 4 is 12.0 Å². The maximum Gasteiger partial charge on any atom is 0.320 e. The van der Waals surface area contributed by atoms with E-state index in [9.17, 15) is 9.59 Å². The van der Waals surface area contributed by atoms with Gasteiger partial charge in [-0.3, -0.25) is 4.79 Å². The summed E-state index contributed by atoms with van der Waals surface area (Å²) in [6, 6.07) is 0.390. The molecule has 19 heavy (non-hydrogen) atoms. The lowest BCUT2D eigenvalue weighted by Crippen LogP contribution is -2.46. The van der Waals surface area contributed by atoms with Crippen LogP contribution >= 0.6 is 0 Å². The molecule has 0 bridgehead atoms. The van der Waals surface area contributed by atoms with E-state index in [2.05, 4.69) is 0 Å². The molecule has 1 N–H and O–H groups in total. The Morgan fingerprint density at radius 3 is 2.37 bits per heavy atom. The monoisotopic (exact) mass is 268 g/mol. The predicted octanol–water partition coefficient (Wildman–Crippen LogP) is 2.02. The van der Waals surface area contributed by atoms with Gasteiger partial charge in [-0.05, 0) is 25.7 Å². The van der Waals surface area contributed by atoms with E-state index < -0.39 is 11.9 Å². The molecule has 0 aromatic carbocycles. The van der Waals surface area contributed by atoms with Crippen LogP contribution < -0.4 is 0 Å². The van der Waals surface area contributed by atoms with Crippen LogP contribution in [0, 0.1) is 11.8 Å². The van der Waals surface area contributed by atoms with Crippen LogP contribution in [0.3, 0.4) is 0 Å². The van der Waals surface area contributed by atoms with Gasteiger partial charge in [0.15, 0.2) is 0 Å². The minimum absolute atomic E-state index is 0.0324. The number of urea groups is 1. The third-order valence-electron chi connectivity index (χ3n) is 4.55. The van der Waals surface area contributed by atoms with E-state index in [1.165, 1.54) is 12.8 Å². The summed E-state index contributed by atoms with van der Waals surface area (Å²) in [5.41, 5.74) is 0. The van der Waals surface area contributed by atoms with Crippen LogP contribution in [0.25, 0.3) is 0 Å². The molecule has 0 unspecified atom stereocenters. The third kappa shape index (κ3) is 2.85. The Morgan fingerprint density at radius 2 is 1.89 bits per heavy atom. The molecule has 2 rings (SSSR count). The number of amides is 2. The summed E-state index contributed by atoms with van der Waals surface area (Å²) in [5.74, 6) is -1.15. The second-order valence-electron chi connectivity index (χ2n) is 5.83. The van der Waals surface area contributed by atoms with Crippen LogP contribution in [0.5, 0.6) is 0 Å². The highest BCUT2D eigenvalue weighted by Gasteiger charge is 2.39. The van der Waals surface area contributed by atoms with Gasteiger partial charge < -0.3 is 14.9 Å². The molecule has 2 aliphatic rings. The number of carboxylic acid groups (broad SMARTS) is 1. The maximum absolute atomic E-state index is 12.5. The Morgan fingerprint density at radius 1 is 1.26 bits per heavy atom. The lowest BCUT2D eigenvalue weighted by Gasteiger charge is -2.32. The molecule has 1 aliphatic heterocycles. The fraction of sp³-hybridized carbons (Fsp3) is 0.857. The first-order chi connectivity index (χ1) is 9.04. The zero-order chi connectivity index (χ0) is 14.0. The molecule has 0 radical (unpaired) electrons. The fourth-order valence-corrected chi connectivity index (χ4v) is 3.39. The summed E-state index contributed by atoms with van der Waals surface area (Å²) in [4.78, 5) is 27.3. The summed E-state index contributed by atoms with van der Waals surface area (Å²) in [6.07, 6.45) is 4.57. The molecule has 0 aromatic rings. The lowest BCUT2D eigenvalue weighted by atomic mass is 9.99. The van der Waals surface area contributed by atoms with Crippen molar-refractivity contribution in [3.8, 4) is 0 Å². The second kappa shape index (κ2) is 5.80. The van der Waals surface area contributed by atoms with Crippen molar-refractivity contribution < 1.29 is 14.7 Å². The number of aliphatic carboxylic acids is 1. The SMILES string of the molecule is CCN(C(=O)N1C[C@@H](C)[C@H](C(=O)O)C1)C1CCCC1. The molecule has 1 saturated carbocycles. The summed E-state index contributed by atoms with van der Waals surface area (Å²) < 4.78 is 0. The van der Waals surface area contributed by atoms with E-state index in [4.69, 9.17) is 5.11 Å². The number of rotatable bonds is 3. The van der Waals surface area contributed by atoms with Gasteiger partial charge in [-0.25, -0.2) is 4.79 Å². The maximum atomic E-state index is 12.5. The van der Waals surface area contributed by atoms with Gasteiger partial charge in [0.2, 0.25) is 0 Å². The highest BCUT2D eigenvalue weighted by atomic mass is 16.4. The van der Waals surface area contributed by atoms with E-state index >= 15 is 0 Å². The number of carbonyl (C=O) groups excluding carboxylic acids is 1. The standard InChI is InChI=1S/C14H24N2O3/c1-3-16(11-6-4-5-7-11)14(19)15-8-10(2)12(9-15)13(17)18/h10-12H,3-9H2,1-2H3,(H,17,18)/t10-,12-/m1/s1. The summed E-state index contributed by atoms with van der Waals surface area (Å²) >= 11 is 0. The van der Waals surface area contributed by atoms with E-state index in [-0.39, 0.29) is 11.9 Å². The van der Waals surface area contributed by atoms with Crippen LogP contribution in [-0.2, 0) is 4.79 Å². The number of likely N-dealkylation sites (tertiary alicyclic amines) is 1. The number of hydrogen-bond donors (Lipinski definition) is 1. The quantitative estimate of drug-likeness (QED) is 0.852. The molecular weight excluding hydrogens is 244 g/mol. The van der Waals surface area contributed by atoms with Crippen molar-refractivity contribution in [2.75, 3.05) is 19.6 Å². The normalized spacial score (nSPS) is 27.8. The summed E-state index contributed by atoms with van der Waals surface area (Å²) in [7, 11) is 0. The number of nitrogens with zero attached hydrogens (tertiary/aromatic N) is 2. The van der Waals surface area contributed by atoms with E-state index in [0.29, 0.717) is 25.7 Å². The third-order valence-corrected chi connectivity index (χ3v) is 4.55. The molecule has 0 spiro atoms. The van der Waals surface area contributed by atoms with Crippen molar-refractivity contribution in [3.05, 3.63) is 0 Å². The molecule has 2 amide bonds. The van der Waals surface area contributed by atoms with Crippen LogP contribution in [0.1, 0.15) is 39.5 Å². The van der Waals surface area contributed by atoms with Crippen molar-refractivity contribution in [1.29, 1.82) is 0 Å². The first-order valence-corrected chi connectivity index (χ1v) is 7.33. The van der Waals surface area contributed by atoms with Crippen molar-refractivity contribution in [2.24, 2.45) is 11.8 Å². The number of hydrogen-bond acceptors (Lipinski definition) is 2. The zero-order valence-corrected chi connectivity index (χ0v) is 11.8. The van der Waals surface area contributed by atoms with Crippen molar-refractivity contribution in [2.45, 2.75) is 45.6 Å². The average Bonchev–Trinajstić information content (AvgIpc) is 2.99. The molecule has 2 atom stereocenters. The highest BCUT2D eigenvalue weighted by molar-refractivity contribution is 5.78. The van der Waals surface area contributed by atoms with Gasteiger partial charge in [0, 0.05) is 25.7 Å². The Hall–Kier alpha value is -1.26. The first-order valence-electron chi connectivity index (χ1n) is 7.33. The molecule has 1 heterocycles. The van der Waals surface area contributed by atoms with Gasteiger partial charge >= 0.3 is 12.0 Å². The molecular formula is C14H24N2O3. The fourth-order valence-electron chi connectivity index (χ4n) is 3.39. The first kappa shape index (κ1) is 14.2. The van der Waals surface area contributed by atoms with Crippen molar-refractivity contribution in [1.82, 2.24) is 9.80 Å². The van der Waals surface area contributed by atoms with Gasteiger partial charge in [0.1, 0.15) is 0 Å². The minimum Gasteiger partial charge on any atom is -0.481 e. The average molecular weight is 268 g/mol. The topological polar surface area (TPSA) is 60.9 Å². The molecule has 1 saturated heterocycles. The molecule has 5 heteroatoms. The number of carbonyl (C=O) groups is 2. The second-order valence-corrected chi connectivity index (χ2v) is 5.83. The van der Waals surface area contributed by atoms with Gasteiger partial charge in [0.05, 0.1) is 5.92 Å². The largest absolute Gasteiger partial charge is 0.481 e. The minimum atomic E-state index is -0.785. The predicted molar refractivity (Wildman–Crippen MR) is 71.9 cm³/mol. The van der Waals surface area contributed by atoms with Crippen LogP contribution in [-0.4, -0.2) is 52.6 Å². The van der Waals surface area contributed by atoms with Crippen LogP contribution in [0.4, 0.5) is 4.79 Å². The Kier molecular flexibility index (Phi) is 4.32. The molecule has 5 nitrogen and oxygen atoms in total. The van der Waals surface area contributed by atoms with Gasteiger partial charge in [-0.2, -0.15) is 0 Å². The highest BCUT2D eigenvalue weighted by Crippen LogP contribution is 2.28. The van der Waals surface area contributed by atoms with E-state index in [1.54, 1.807) is 4.90 Å². The lowest BCUT2D eigenvalue weighted by molar-refractivity contribution is -0.142.